The molecule has 1 aromatic carbocycles. The second-order valence-electron chi connectivity index (χ2n) is 6.31. The molecule has 1 aliphatic heterocycles. The molecule has 0 unspecified atom stereocenters. The quantitative estimate of drug-likeness (QED) is 0.438. The molecule has 0 N–H and O–H groups in total. The summed E-state index contributed by atoms with van der Waals surface area (Å²) in [6, 6.07) is 7.89. The van der Waals surface area contributed by atoms with Crippen LogP contribution in [0.5, 0.6) is 0 Å². The number of anilines is 1. The predicted octanol–water partition coefficient (Wildman–Crippen LogP) is 4.71. The first-order chi connectivity index (χ1) is 13.4. The number of para-hydroxylation sites is 1. The van der Waals surface area contributed by atoms with E-state index in [2.05, 4.69) is 0 Å². The van der Waals surface area contributed by atoms with Gasteiger partial charge in [-0.1, -0.05) is 18.2 Å². The predicted molar refractivity (Wildman–Crippen MR) is 111 cm³/mol. The Morgan fingerprint density at radius 2 is 1.32 bits per heavy atom. The van der Waals surface area contributed by atoms with Gasteiger partial charge in [-0.05, 0) is 39.3 Å². The smallest absolute Gasteiger partial charge is 0.346 e. The summed E-state index contributed by atoms with van der Waals surface area (Å²) < 4.78 is 47.9. The maximum atomic E-state index is 13.1. The Labute approximate surface area is 168 Å². The maximum absolute atomic E-state index is 13.1. The largest absolute Gasteiger partial charge is 0.349 e. The van der Waals surface area contributed by atoms with Crippen LogP contribution in [0.25, 0.3) is 0 Å². The highest BCUT2D eigenvalue weighted by atomic mass is 31.2. The first kappa shape index (κ1) is 23.6. The Morgan fingerprint density at radius 3 is 1.86 bits per heavy atom. The average molecular weight is 434 g/mol. The van der Waals surface area contributed by atoms with Crippen LogP contribution in [-0.2, 0) is 33.8 Å². The van der Waals surface area contributed by atoms with Crippen molar-refractivity contribution in [2.24, 2.45) is 0 Å². The molecule has 160 valence electrons. The van der Waals surface area contributed by atoms with E-state index in [1.807, 2.05) is 34.1 Å². The highest BCUT2D eigenvalue weighted by molar-refractivity contribution is 7.54. The lowest BCUT2D eigenvalue weighted by atomic mass is 10.1. The van der Waals surface area contributed by atoms with Crippen molar-refractivity contribution in [2.75, 3.05) is 50.6 Å². The van der Waals surface area contributed by atoms with Crippen molar-refractivity contribution < 1.29 is 27.2 Å². The molecule has 0 saturated heterocycles. The van der Waals surface area contributed by atoms with Crippen LogP contribution < -0.4 is 4.90 Å². The van der Waals surface area contributed by atoms with Gasteiger partial charge < -0.3 is 23.0 Å². The van der Waals surface area contributed by atoms with Crippen molar-refractivity contribution in [3.63, 3.8) is 0 Å². The van der Waals surface area contributed by atoms with Crippen molar-refractivity contribution >= 4 is 20.9 Å². The van der Waals surface area contributed by atoms with Gasteiger partial charge in [-0.25, -0.2) is 0 Å². The molecule has 28 heavy (non-hydrogen) atoms. The van der Waals surface area contributed by atoms with Gasteiger partial charge in [0.15, 0.2) is 0 Å². The van der Waals surface area contributed by atoms with Crippen LogP contribution in [0.1, 0.15) is 33.3 Å². The lowest BCUT2D eigenvalue weighted by Gasteiger charge is -2.40. The second kappa shape index (κ2) is 10.9. The minimum Gasteiger partial charge on any atom is -0.346 e. The summed E-state index contributed by atoms with van der Waals surface area (Å²) in [6.07, 6.45) is 0.281. The summed E-state index contributed by atoms with van der Waals surface area (Å²) in [7, 11) is -6.51. The van der Waals surface area contributed by atoms with E-state index < -0.39 is 15.2 Å². The van der Waals surface area contributed by atoms with E-state index in [0.717, 1.165) is 11.3 Å². The zero-order valence-corrected chi connectivity index (χ0v) is 19.0. The Balaban J connectivity index is 2.25. The molecule has 2 rings (SSSR count). The number of rotatable bonds is 12. The lowest BCUT2D eigenvalue weighted by molar-refractivity contribution is 0.189. The molecule has 0 amide bonds. The first-order valence-corrected chi connectivity index (χ1v) is 13.2. The van der Waals surface area contributed by atoms with Crippen molar-refractivity contribution in [1.29, 1.82) is 0 Å². The Bertz CT molecular complexity index is 697. The van der Waals surface area contributed by atoms with Crippen LogP contribution in [0.3, 0.4) is 0 Å². The van der Waals surface area contributed by atoms with E-state index in [4.69, 9.17) is 18.1 Å². The molecular weight excluding hydrogens is 402 g/mol. The van der Waals surface area contributed by atoms with Gasteiger partial charge in [0.05, 0.1) is 33.1 Å². The average Bonchev–Trinajstić information content (AvgIpc) is 2.62. The Kier molecular flexibility index (Phi) is 9.16. The van der Waals surface area contributed by atoms with Gasteiger partial charge in [-0.2, -0.15) is 0 Å². The Hall–Kier alpha value is -0.720. The molecule has 0 aliphatic carbocycles. The third-order valence-corrected chi connectivity index (χ3v) is 8.16. The summed E-state index contributed by atoms with van der Waals surface area (Å²) in [5.74, 6) is 0. The van der Waals surface area contributed by atoms with Gasteiger partial charge in [0.1, 0.15) is 12.6 Å². The fraction of sp³-hybridized carbons (Fsp3) is 0.667. The van der Waals surface area contributed by atoms with Gasteiger partial charge in [-0.15, -0.1) is 0 Å². The summed E-state index contributed by atoms with van der Waals surface area (Å²) in [5, 5.41) is 0. The fourth-order valence-corrected chi connectivity index (χ4v) is 6.64. The molecule has 0 radical (unpaired) electrons. The minimum absolute atomic E-state index is 0.121. The zero-order valence-electron chi connectivity index (χ0n) is 17.2. The third-order valence-electron chi connectivity index (χ3n) is 4.12. The van der Waals surface area contributed by atoms with Crippen LogP contribution in [0.2, 0.25) is 0 Å². The monoisotopic (exact) mass is 434 g/mol. The van der Waals surface area contributed by atoms with Gasteiger partial charge >= 0.3 is 15.2 Å². The minimum atomic E-state index is -3.28. The van der Waals surface area contributed by atoms with Crippen molar-refractivity contribution in [3.8, 4) is 0 Å². The highest BCUT2D eigenvalue weighted by Crippen LogP contribution is 2.52. The van der Waals surface area contributed by atoms with Crippen LogP contribution in [-0.4, -0.2) is 50.6 Å². The van der Waals surface area contributed by atoms with Crippen LogP contribution in [0, 0.1) is 0 Å². The molecule has 0 spiro atoms. The molecule has 0 saturated carbocycles. The molecule has 1 heterocycles. The number of hydrogen-bond donors (Lipinski definition) is 0. The number of nitrogens with zero attached hydrogens (tertiary/aromatic N) is 2. The SMILES string of the molecule is CCOP(=O)(CN1Cc2ccccc2N(CP(=O)(OCC)OCC)C1)OCC. The summed E-state index contributed by atoms with van der Waals surface area (Å²) in [5.41, 5.74) is 2.02. The standard InChI is InChI=1S/C18H32N2O6P2/c1-5-23-27(21,24-6-2)15-19-13-17-11-9-10-12-18(17)20(14-19)16-28(22,25-7-3)26-8-4/h9-12H,5-8,13-16H2,1-4H3. The summed E-state index contributed by atoms with van der Waals surface area (Å²) >= 11 is 0. The topological polar surface area (TPSA) is 77.5 Å². The van der Waals surface area contributed by atoms with Gasteiger partial charge in [0, 0.05) is 12.2 Å². The zero-order chi connectivity index (χ0) is 20.6. The molecule has 1 aromatic rings. The number of benzene rings is 1. The van der Waals surface area contributed by atoms with E-state index in [1.54, 1.807) is 27.7 Å². The van der Waals surface area contributed by atoms with Crippen LogP contribution >= 0.6 is 15.2 Å². The highest BCUT2D eigenvalue weighted by Gasteiger charge is 2.35. The third kappa shape index (κ3) is 6.39. The lowest BCUT2D eigenvalue weighted by Crippen LogP contribution is -2.43. The normalized spacial score (nSPS) is 15.6. The van der Waals surface area contributed by atoms with Crippen molar-refractivity contribution in [1.82, 2.24) is 4.90 Å². The van der Waals surface area contributed by atoms with Crippen LogP contribution in [0.15, 0.2) is 24.3 Å². The van der Waals surface area contributed by atoms with Gasteiger partial charge in [0.25, 0.3) is 0 Å². The fourth-order valence-electron chi connectivity index (χ4n) is 3.26. The molecule has 10 heteroatoms. The van der Waals surface area contributed by atoms with Crippen molar-refractivity contribution in [2.45, 2.75) is 34.2 Å². The summed E-state index contributed by atoms with van der Waals surface area (Å²) in [4.78, 5) is 3.93. The Morgan fingerprint density at radius 1 is 0.821 bits per heavy atom. The summed E-state index contributed by atoms with van der Waals surface area (Å²) in [6.45, 7) is 9.44. The molecular formula is C18H32N2O6P2. The van der Waals surface area contributed by atoms with Gasteiger partial charge in [0.2, 0.25) is 0 Å². The number of fused-ring (bicyclic) bond motifs is 1. The molecule has 8 nitrogen and oxygen atoms in total. The van der Waals surface area contributed by atoms with Crippen molar-refractivity contribution in [3.05, 3.63) is 29.8 Å². The second-order valence-corrected chi connectivity index (χ2v) is 10.4. The molecule has 1 aliphatic rings. The maximum Gasteiger partial charge on any atom is 0.349 e. The first-order valence-electron chi connectivity index (χ1n) is 9.70. The molecule has 0 aromatic heterocycles. The van der Waals surface area contributed by atoms with Gasteiger partial charge in [-0.3, -0.25) is 14.0 Å². The molecule has 0 bridgehead atoms. The van der Waals surface area contributed by atoms with E-state index in [9.17, 15) is 9.13 Å². The number of hydrogen-bond acceptors (Lipinski definition) is 8. The van der Waals surface area contributed by atoms with E-state index in [1.165, 1.54) is 0 Å². The van der Waals surface area contributed by atoms with E-state index in [-0.39, 0.29) is 12.6 Å². The van der Waals surface area contributed by atoms with E-state index >= 15 is 0 Å². The van der Waals surface area contributed by atoms with E-state index in [0.29, 0.717) is 39.6 Å². The van der Waals surface area contributed by atoms with Crippen LogP contribution in [0.4, 0.5) is 5.69 Å². The molecule has 0 fully saturated rings. The molecule has 0 atom stereocenters.